The second-order valence-electron chi connectivity index (χ2n) is 8.23. The standard InChI is InChI=1S/C13H12N2O4.C10H13N2O5P/c14-10-11(13(19)12(10)18)15(7-9(16)17)6-8-4-2-1-3-5-8;13-9-7-8(10(9)14)12(4-2-1-3-11-7)5-6-17-18(15)16/h1-5H,6-7,14H2,(H,16,17);1-6H2,(H-,11,14,15,16)/p+1. The lowest BCUT2D eigenvalue weighted by atomic mass is 10.1. The van der Waals surface area contributed by atoms with Gasteiger partial charge in [-0.3, -0.25) is 24.0 Å². The average molecular weight is 533 g/mol. The molecule has 1 heterocycles. The van der Waals surface area contributed by atoms with Crippen LogP contribution in [0.2, 0.25) is 0 Å². The molecule has 3 aromatic rings. The minimum atomic E-state index is -2.63. The van der Waals surface area contributed by atoms with E-state index in [1.807, 2.05) is 6.07 Å². The second-order valence-corrected chi connectivity index (χ2v) is 8.96. The van der Waals surface area contributed by atoms with Crippen LogP contribution in [0.4, 0.5) is 22.7 Å². The summed E-state index contributed by atoms with van der Waals surface area (Å²) in [7, 11) is -2.63. The van der Waals surface area contributed by atoms with Crippen LogP contribution < -0.4 is 42.6 Å². The van der Waals surface area contributed by atoms with Crippen molar-refractivity contribution in [3.63, 3.8) is 0 Å². The van der Waals surface area contributed by atoms with E-state index < -0.39 is 35.9 Å². The van der Waals surface area contributed by atoms with Crippen molar-refractivity contribution >= 4 is 37.0 Å². The fourth-order valence-corrected chi connectivity index (χ4v) is 4.18. The maximum absolute atomic E-state index is 11.5. The number of benzene rings is 1. The number of rotatable bonds is 9. The number of carboxylic acid groups (broad SMARTS) is 1. The van der Waals surface area contributed by atoms with E-state index >= 15 is 0 Å². The number of nitrogens with two attached hydrogens (primary N) is 1. The summed E-state index contributed by atoms with van der Waals surface area (Å²) in [5.74, 6) is -1.09. The number of carboxylic acids is 1. The molecule has 196 valence electrons. The van der Waals surface area contributed by atoms with Crippen LogP contribution in [0.1, 0.15) is 18.4 Å². The van der Waals surface area contributed by atoms with Crippen LogP contribution in [0, 0.1) is 0 Å². The van der Waals surface area contributed by atoms with Crippen molar-refractivity contribution in [2.75, 3.05) is 53.6 Å². The molecule has 0 radical (unpaired) electrons. The van der Waals surface area contributed by atoms with Crippen molar-refractivity contribution in [2.45, 2.75) is 19.4 Å². The molecule has 14 heteroatoms. The van der Waals surface area contributed by atoms with Gasteiger partial charge in [0.15, 0.2) is 0 Å². The van der Waals surface area contributed by atoms with Gasteiger partial charge in [-0.2, -0.15) is 0 Å². The van der Waals surface area contributed by atoms with Gasteiger partial charge in [-0.15, -0.1) is 9.42 Å². The van der Waals surface area contributed by atoms with Crippen molar-refractivity contribution in [3.05, 3.63) is 76.8 Å². The molecular weight excluding hydrogens is 507 g/mol. The lowest BCUT2D eigenvalue weighted by Gasteiger charge is -2.29. The van der Waals surface area contributed by atoms with Gasteiger partial charge in [0.05, 0.1) is 0 Å². The number of nitrogen functional groups attached to an aromatic ring is 1. The van der Waals surface area contributed by atoms with Gasteiger partial charge in [0.25, 0.3) is 21.7 Å². The molecular formula is C23H26N4O9P+. The smallest absolute Gasteiger partial charge is 0.480 e. The molecule has 3 aromatic carbocycles. The van der Waals surface area contributed by atoms with Gasteiger partial charge in [-0.1, -0.05) is 30.3 Å². The van der Waals surface area contributed by atoms with Gasteiger partial charge >= 0.3 is 14.2 Å². The number of carbonyl (C=O) groups is 1. The van der Waals surface area contributed by atoms with E-state index in [1.54, 1.807) is 29.2 Å². The number of hydrogen-bond donors (Lipinski definition) is 4. The Morgan fingerprint density at radius 2 is 1.78 bits per heavy atom. The Bertz CT molecular complexity index is 1410. The molecule has 1 aliphatic rings. The molecule has 0 spiro atoms. The van der Waals surface area contributed by atoms with Crippen LogP contribution in [0.5, 0.6) is 0 Å². The molecule has 0 fully saturated rings. The van der Waals surface area contributed by atoms with E-state index in [4.69, 9.17) is 15.7 Å². The van der Waals surface area contributed by atoms with Crippen molar-refractivity contribution in [2.24, 2.45) is 0 Å². The van der Waals surface area contributed by atoms with Crippen molar-refractivity contribution < 1.29 is 23.9 Å². The first kappa shape index (κ1) is 27.7. The number of aliphatic carboxylic acids is 1. The SMILES string of the molecule is Nc1c(N(CC(=O)O)Cc2ccccc2)c(=O)c1=O.O=c1c2c(c1=O)N(CCO[P+](=O)O)CCCCN2. The zero-order valence-electron chi connectivity index (χ0n) is 19.7. The van der Waals surface area contributed by atoms with Crippen LogP contribution in [0.3, 0.4) is 0 Å². The maximum atomic E-state index is 11.5. The molecule has 1 aliphatic heterocycles. The Kier molecular flexibility index (Phi) is 9.23. The maximum Gasteiger partial charge on any atom is 0.694 e. The number of nitrogens with zero attached hydrogens (tertiary/aromatic N) is 2. The third-order valence-electron chi connectivity index (χ3n) is 5.70. The quantitative estimate of drug-likeness (QED) is 0.211. The zero-order valence-corrected chi connectivity index (χ0v) is 20.6. The normalized spacial score (nSPS) is 13.5. The number of nitrogens with one attached hydrogen (secondary N) is 1. The van der Waals surface area contributed by atoms with Crippen LogP contribution in [-0.4, -0.2) is 48.8 Å². The van der Waals surface area contributed by atoms with Gasteiger partial charge in [0.2, 0.25) is 0 Å². The summed E-state index contributed by atoms with van der Waals surface area (Å²) in [4.78, 5) is 67.9. The number of hydrogen-bond acceptors (Lipinski definition) is 11. The third-order valence-corrected chi connectivity index (χ3v) is 6.10. The lowest BCUT2D eigenvalue weighted by Crippen LogP contribution is -2.45. The first-order valence-corrected chi connectivity index (χ1v) is 12.5. The van der Waals surface area contributed by atoms with Crippen LogP contribution >= 0.6 is 8.25 Å². The van der Waals surface area contributed by atoms with E-state index in [0.29, 0.717) is 31.0 Å². The molecule has 37 heavy (non-hydrogen) atoms. The van der Waals surface area contributed by atoms with E-state index in [0.717, 1.165) is 18.4 Å². The highest BCUT2D eigenvalue weighted by molar-refractivity contribution is 7.32. The number of anilines is 4. The Balaban J connectivity index is 0.000000206. The molecule has 0 bridgehead atoms. The summed E-state index contributed by atoms with van der Waals surface area (Å²) in [5.41, 5.74) is 4.43. The zero-order chi connectivity index (χ0) is 27.1. The highest BCUT2D eigenvalue weighted by Crippen LogP contribution is 2.23. The molecule has 0 amide bonds. The molecule has 0 aliphatic carbocycles. The Hall–Kier alpha value is -3.93. The average Bonchev–Trinajstić information content (AvgIpc) is 2.85. The minimum absolute atomic E-state index is 0.00347. The second kappa shape index (κ2) is 12.3. The summed E-state index contributed by atoms with van der Waals surface area (Å²) >= 11 is 0. The van der Waals surface area contributed by atoms with E-state index in [9.17, 15) is 28.5 Å². The van der Waals surface area contributed by atoms with Crippen molar-refractivity contribution in [1.29, 1.82) is 0 Å². The summed E-state index contributed by atoms with van der Waals surface area (Å²) in [6.45, 7) is 1.52. The van der Waals surface area contributed by atoms with Gasteiger partial charge in [0.1, 0.15) is 35.9 Å². The molecule has 1 atom stereocenters. The molecule has 1 unspecified atom stereocenters. The molecule has 5 N–H and O–H groups in total. The minimum Gasteiger partial charge on any atom is -0.480 e. The number of fused-ring (bicyclic) bond motifs is 1. The summed E-state index contributed by atoms with van der Waals surface area (Å²) in [5, 5.41) is 11.8. The predicted octanol–water partition coefficient (Wildman–Crippen LogP) is -0.0830. The topological polar surface area (TPSA) is 197 Å². The first-order chi connectivity index (χ1) is 17.6. The van der Waals surface area contributed by atoms with Crippen LogP contribution in [0.25, 0.3) is 0 Å². The Labute approximate surface area is 211 Å². The molecule has 4 rings (SSSR count). The first-order valence-electron chi connectivity index (χ1n) is 11.3. The summed E-state index contributed by atoms with van der Waals surface area (Å²) in [6, 6.07) is 9.04. The van der Waals surface area contributed by atoms with E-state index in [2.05, 4.69) is 9.84 Å². The molecule has 13 nitrogen and oxygen atoms in total. The molecule has 0 saturated carbocycles. The van der Waals surface area contributed by atoms with Gasteiger partial charge in [-0.05, 0) is 18.4 Å². The van der Waals surface area contributed by atoms with Gasteiger partial charge < -0.3 is 26.0 Å². The molecule has 0 aromatic heterocycles. The lowest BCUT2D eigenvalue weighted by molar-refractivity contribution is -0.135. The monoisotopic (exact) mass is 533 g/mol. The van der Waals surface area contributed by atoms with Crippen LogP contribution in [-0.2, 0) is 20.4 Å². The van der Waals surface area contributed by atoms with Crippen molar-refractivity contribution in [3.8, 4) is 0 Å². The fourth-order valence-electron chi connectivity index (χ4n) is 3.94. The Morgan fingerprint density at radius 3 is 2.41 bits per heavy atom. The van der Waals surface area contributed by atoms with E-state index in [-0.39, 0.29) is 31.1 Å². The molecule has 0 saturated heterocycles. The fraction of sp³-hybridized carbons (Fsp3) is 0.348. The highest BCUT2D eigenvalue weighted by atomic mass is 31.1. The van der Waals surface area contributed by atoms with E-state index in [1.165, 1.54) is 4.90 Å². The van der Waals surface area contributed by atoms with Gasteiger partial charge in [-0.25, -0.2) is 0 Å². The summed E-state index contributed by atoms with van der Waals surface area (Å²) < 4.78 is 15.0. The largest absolute Gasteiger partial charge is 0.694 e. The highest BCUT2D eigenvalue weighted by Gasteiger charge is 2.28. The van der Waals surface area contributed by atoms with Crippen molar-refractivity contribution in [1.82, 2.24) is 0 Å². The summed E-state index contributed by atoms with van der Waals surface area (Å²) in [6.07, 6.45) is 1.79. The predicted molar refractivity (Wildman–Crippen MR) is 138 cm³/mol. The third kappa shape index (κ3) is 6.64. The van der Waals surface area contributed by atoms with Gasteiger partial charge in [0, 0.05) is 30.7 Å². The Morgan fingerprint density at radius 1 is 1.08 bits per heavy atom. The van der Waals surface area contributed by atoms with Crippen LogP contribution in [0.15, 0.2) is 49.5 Å².